The van der Waals surface area contributed by atoms with Crippen LogP contribution in [0.5, 0.6) is 0 Å². The molecule has 36 heavy (non-hydrogen) atoms. The topological polar surface area (TPSA) is 69.6 Å². The van der Waals surface area contributed by atoms with E-state index in [0.717, 1.165) is 36.5 Å². The third-order valence-corrected chi connectivity index (χ3v) is 7.02. The molecule has 4 rings (SSSR count). The number of hydrogen-bond acceptors (Lipinski definition) is 5. The normalized spacial score (nSPS) is 14.8. The zero-order valence-electron chi connectivity index (χ0n) is 20.8. The number of nitrogens with zero attached hydrogens (tertiary/aromatic N) is 5. The first-order valence-electron chi connectivity index (χ1n) is 12.4. The average molecular weight is 506 g/mol. The highest BCUT2D eigenvalue weighted by Crippen LogP contribution is 2.21. The van der Waals surface area contributed by atoms with E-state index in [9.17, 15) is 9.59 Å². The molecule has 0 N–H and O–H groups in total. The molecular weight excluding hydrogens is 474 g/mol. The maximum Gasteiger partial charge on any atom is 0.256 e. The van der Waals surface area contributed by atoms with Crippen LogP contribution in [0.4, 0.5) is 5.82 Å². The highest BCUT2D eigenvalue weighted by Gasteiger charge is 2.28. The van der Waals surface area contributed by atoms with Gasteiger partial charge in [0.05, 0.1) is 16.3 Å². The predicted octanol–water partition coefficient (Wildman–Crippen LogP) is 4.78. The minimum absolute atomic E-state index is 0.0324. The maximum atomic E-state index is 13.3. The SMILES string of the molecule is CCC(C)N(CC(=O)N1CCCN(c2ccc(-c3ccccc3)nn2)CC1)C(=O)c1ccccc1Cl. The van der Waals surface area contributed by atoms with E-state index >= 15 is 0 Å². The standard InChI is InChI=1S/C28H32ClN5O2/c1-3-21(2)34(28(36)23-12-7-8-13-24(23)29)20-27(35)33-17-9-16-32(18-19-33)26-15-14-25(30-31-26)22-10-5-4-6-11-22/h4-8,10-15,21H,3,9,16-20H2,1-2H3. The van der Waals surface area contributed by atoms with Crippen LogP contribution in [0, 0.1) is 0 Å². The average Bonchev–Trinajstić information content (AvgIpc) is 3.18. The van der Waals surface area contributed by atoms with Gasteiger partial charge in [-0.2, -0.15) is 0 Å². The summed E-state index contributed by atoms with van der Waals surface area (Å²) in [6.45, 7) is 6.66. The number of halogens is 1. The quantitative estimate of drug-likeness (QED) is 0.462. The molecule has 0 bridgehead atoms. The van der Waals surface area contributed by atoms with Crippen LogP contribution in [0.15, 0.2) is 66.7 Å². The van der Waals surface area contributed by atoms with Gasteiger partial charge in [0.2, 0.25) is 5.91 Å². The van der Waals surface area contributed by atoms with Crippen molar-refractivity contribution in [3.8, 4) is 11.3 Å². The van der Waals surface area contributed by atoms with Gasteiger partial charge in [-0.1, -0.05) is 61.0 Å². The number of carbonyl (C=O) groups excluding carboxylic acids is 2. The van der Waals surface area contributed by atoms with Crippen LogP contribution >= 0.6 is 11.6 Å². The van der Waals surface area contributed by atoms with Crippen molar-refractivity contribution in [3.05, 3.63) is 77.3 Å². The molecule has 1 aliphatic heterocycles. The first kappa shape index (κ1) is 25.6. The predicted molar refractivity (Wildman–Crippen MR) is 143 cm³/mol. The van der Waals surface area contributed by atoms with E-state index in [-0.39, 0.29) is 24.4 Å². The zero-order chi connectivity index (χ0) is 25.5. The second kappa shape index (κ2) is 12.0. The van der Waals surface area contributed by atoms with E-state index in [1.165, 1.54) is 0 Å². The van der Waals surface area contributed by atoms with Crippen molar-refractivity contribution >= 4 is 29.2 Å². The fourth-order valence-electron chi connectivity index (χ4n) is 4.34. The number of benzene rings is 2. The van der Waals surface area contributed by atoms with E-state index in [0.29, 0.717) is 30.2 Å². The summed E-state index contributed by atoms with van der Waals surface area (Å²) < 4.78 is 0. The van der Waals surface area contributed by atoms with Crippen molar-refractivity contribution < 1.29 is 9.59 Å². The van der Waals surface area contributed by atoms with Crippen LogP contribution in [0.25, 0.3) is 11.3 Å². The molecule has 2 heterocycles. The minimum atomic E-state index is -0.214. The third kappa shape index (κ3) is 6.02. The van der Waals surface area contributed by atoms with E-state index < -0.39 is 0 Å². The molecular formula is C28H32ClN5O2. The molecule has 3 aromatic rings. The summed E-state index contributed by atoms with van der Waals surface area (Å²) in [6.07, 6.45) is 1.56. The van der Waals surface area contributed by atoms with Crippen LogP contribution in [0.1, 0.15) is 37.0 Å². The lowest BCUT2D eigenvalue weighted by Gasteiger charge is -2.31. The van der Waals surface area contributed by atoms with Crippen molar-refractivity contribution in [2.75, 3.05) is 37.6 Å². The first-order chi connectivity index (χ1) is 17.5. The summed E-state index contributed by atoms with van der Waals surface area (Å²) in [5.74, 6) is 0.538. The number of rotatable bonds is 7. The van der Waals surface area contributed by atoms with E-state index in [2.05, 4.69) is 15.1 Å². The zero-order valence-corrected chi connectivity index (χ0v) is 21.6. The van der Waals surface area contributed by atoms with Gasteiger partial charge >= 0.3 is 0 Å². The molecule has 188 valence electrons. The minimum Gasteiger partial charge on any atom is -0.353 e. The molecule has 1 aromatic heterocycles. The van der Waals surface area contributed by atoms with Gasteiger partial charge < -0.3 is 14.7 Å². The lowest BCUT2D eigenvalue weighted by atomic mass is 10.1. The maximum absolute atomic E-state index is 13.3. The molecule has 2 amide bonds. The highest BCUT2D eigenvalue weighted by molar-refractivity contribution is 6.33. The Bertz CT molecular complexity index is 1170. The fourth-order valence-corrected chi connectivity index (χ4v) is 4.55. The second-order valence-corrected chi connectivity index (χ2v) is 9.44. The Morgan fingerprint density at radius 1 is 0.944 bits per heavy atom. The van der Waals surface area contributed by atoms with Crippen molar-refractivity contribution in [3.63, 3.8) is 0 Å². The van der Waals surface area contributed by atoms with Crippen molar-refractivity contribution in [1.29, 1.82) is 0 Å². The molecule has 2 aromatic carbocycles. The van der Waals surface area contributed by atoms with E-state index in [4.69, 9.17) is 11.6 Å². The summed E-state index contributed by atoms with van der Waals surface area (Å²) in [4.78, 5) is 32.2. The smallest absolute Gasteiger partial charge is 0.256 e. The molecule has 0 aliphatic carbocycles. The number of hydrogen-bond donors (Lipinski definition) is 0. The third-order valence-electron chi connectivity index (χ3n) is 6.69. The van der Waals surface area contributed by atoms with Crippen LogP contribution in [0.2, 0.25) is 5.02 Å². The monoisotopic (exact) mass is 505 g/mol. The van der Waals surface area contributed by atoms with Crippen molar-refractivity contribution in [2.45, 2.75) is 32.7 Å². The second-order valence-electron chi connectivity index (χ2n) is 9.03. The Morgan fingerprint density at radius 3 is 2.39 bits per heavy atom. The molecule has 0 radical (unpaired) electrons. The van der Waals surface area contributed by atoms with E-state index in [1.54, 1.807) is 29.2 Å². The summed E-state index contributed by atoms with van der Waals surface area (Å²) >= 11 is 6.28. The van der Waals surface area contributed by atoms with Crippen LogP contribution in [-0.2, 0) is 4.79 Å². The number of anilines is 1. The number of amides is 2. The van der Waals surface area contributed by atoms with Gasteiger partial charge in [0.15, 0.2) is 5.82 Å². The van der Waals surface area contributed by atoms with Gasteiger partial charge in [-0.05, 0) is 44.0 Å². The lowest BCUT2D eigenvalue weighted by molar-refractivity contribution is -0.132. The molecule has 1 aliphatic rings. The van der Waals surface area contributed by atoms with Crippen LogP contribution in [-0.4, -0.2) is 70.6 Å². The van der Waals surface area contributed by atoms with Gasteiger partial charge in [0, 0.05) is 37.8 Å². The van der Waals surface area contributed by atoms with Crippen LogP contribution in [0.3, 0.4) is 0 Å². The Morgan fingerprint density at radius 2 is 1.69 bits per heavy atom. The Kier molecular flexibility index (Phi) is 8.54. The van der Waals surface area contributed by atoms with E-state index in [1.807, 2.05) is 61.2 Å². The Balaban J connectivity index is 1.40. The first-order valence-corrected chi connectivity index (χ1v) is 12.8. The molecule has 1 atom stereocenters. The van der Waals surface area contributed by atoms with Gasteiger partial charge in [-0.3, -0.25) is 9.59 Å². The largest absolute Gasteiger partial charge is 0.353 e. The Labute approximate surface area is 217 Å². The summed E-state index contributed by atoms with van der Waals surface area (Å²) in [7, 11) is 0. The Hall–Kier alpha value is -3.45. The molecule has 0 spiro atoms. The van der Waals surface area contributed by atoms with Gasteiger partial charge in [0.1, 0.15) is 6.54 Å². The highest BCUT2D eigenvalue weighted by atomic mass is 35.5. The van der Waals surface area contributed by atoms with Crippen molar-refractivity contribution in [2.24, 2.45) is 0 Å². The molecule has 1 unspecified atom stereocenters. The van der Waals surface area contributed by atoms with Crippen LogP contribution < -0.4 is 4.90 Å². The molecule has 7 nitrogen and oxygen atoms in total. The summed E-state index contributed by atoms with van der Waals surface area (Å²) in [5.41, 5.74) is 2.28. The molecule has 8 heteroatoms. The summed E-state index contributed by atoms with van der Waals surface area (Å²) in [6, 6.07) is 20.8. The lowest BCUT2D eigenvalue weighted by Crippen LogP contribution is -2.47. The van der Waals surface area contributed by atoms with Gasteiger partial charge in [-0.15, -0.1) is 10.2 Å². The number of carbonyl (C=O) groups is 2. The molecule has 1 fully saturated rings. The van der Waals surface area contributed by atoms with Gasteiger partial charge in [-0.25, -0.2) is 0 Å². The molecule has 0 saturated carbocycles. The number of aromatic nitrogens is 2. The molecule has 1 saturated heterocycles. The summed E-state index contributed by atoms with van der Waals surface area (Å²) in [5, 5.41) is 9.25. The van der Waals surface area contributed by atoms with Gasteiger partial charge in [0.25, 0.3) is 5.91 Å². The fraction of sp³-hybridized carbons (Fsp3) is 0.357. The van der Waals surface area contributed by atoms with Crippen molar-refractivity contribution in [1.82, 2.24) is 20.0 Å².